The van der Waals surface area contributed by atoms with E-state index < -0.39 is 0 Å². The summed E-state index contributed by atoms with van der Waals surface area (Å²) in [6.45, 7) is 8.90. The van der Waals surface area contributed by atoms with E-state index in [2.05, 4.69) is 76.2 Å². The van der Waals surface area contributed by atoms with Gasteiger partial charge in [0.05, 0.1) is 0 Å². The van der Waals surface area contributed by atoms with Crippen LogP contribution in [0.2, 0.25) is 0 Å². The van der Waals surface area contributed by atoms with Crippen LogP contribution in [0.3, 0.4) is 0 Å². The minimum absolute atomic E-state index is 0.105. The summed E-state index contributed by atoms with van der Waals surface area (Å²) in [6, 6.07) is 13.6. The van der Waals surface area contributed by atoms with Crippen molar-refractivity contribution < 1.29 is 0 Å². The maximum absolute atomic E-state index is 2.34. The second-order valence-electron chi connectivity index (χ2n) is 5.98. The number of fused-ring (bicyclic) bond motifs is 3. The number of hydrogen-bond acceptors (Lipinski definition) is 0. The first kappa shape index (κ1) is 12.2. The van der Waals surface area contributed by atoms with Crippen LogP contribution in [0.25, 0.3) is 17.2 Å². The zero-order valence-corrected chi connectivity index (χ0v) is 12.1. The Bertz CT molecular complexity index is 672. The largest absolute Gasteiger partial charge is 0.0871 e. The molecule has 0 saturated heterocycles. The molecular formula is C19H20. The molecule has 2 aromatic carbocycles. The second kappa shape index (κ2) is 4.09. The van der Waals surface area contributed by atoms with Crippen molar-refractivity contribution in [2.45, 2.75) is 33.1 Å². The Kier molecular flexibility index (Phi) is 2.63. The molecule has 19 heavy (non-hydrogen) atoms. The normalized spacial score (nSPS) is 15.6. The highest BCUT2D eigenvalue weighted by atomic mass is 14.4. The van der Waals surface area contributed by atoms with Gasteiger partial charge >= 0.3 is 0 Å². The van der Waals surface area contributed by atoms with Crippen LogP contribution in [0.15, 0.2) is 42.5 Å². The first-order valence-corrected chi connectivity index (χ1v) is 6.93. The molecule has 0 amide bonds. The number of benzene rings is 2. The maximum Gasteiger partial charge on any atom is 0.0159 e. The molecule has 0 heteroatoms. The molecule has 0 N–H and O–H groups in total. The van der Waals surface area contributed by atoms with E-state index in [0.717, 1.165) is 0 Å². The topological polar surface area (TPSA) is 0 Å². The van der Waals surface area contributed by atoms with Crippen LogP contribution in [0.4, 0.5) is 0 Å². The van der Waals surface area contributed by atoms with Crippen molar-refractivity contribution in [3.05, 3.63) is 64.7 Å². The Morgan fingerprint density at radius 1 is 0.895 bits per heavy atom. The van der Waals surface area contributed by atoms with Gasteiger partial charge in [-0.2, -0.15) is 0 Å². The van der Waals surface area contributed by atoms with Crippen molar-refractivity contribution in [3.8, 4) is 11.1 Å². The number of allylic oxidation sites excluding steroid dienone is 1. The second-order valence-corrected chi connectivity index (χ2v) is 5.98. The Morgan fingerprint density at radius 3 is 2.21 bits per heavy atom. The van der Waals surface area contributed by atoms with Crippen molar-refractivity contribution in [2.75, 3.05) is 0 Å². The molecule has 0 heterocycles. The Morgan fingerprint density at radius 2 is 1.53 bits per heavy atom. The summed E-state index contributed by atoms with van der Waals surface area (Å²) < 4.78 is 0. The van der Waals surface area contributed by atoms with E-state index in [0.29, 0.717) is 0 Å². The lowest BCUT2D eigenvalue weighted by molar-refractivity contribution is 0.659. The van der Waals surface area contributed by atoms with Crippen molar-refractivity contribution in [1.29, 1.82) is 0 Å². The van der Waals surface area contributed by atoms with Crippen LogP contribution in [-0.4, -0.2) is 0 Å². The van der Waals surface area contributed by atoms with Crippen molar-refractivity contribution in [1.82, 2.24) is 0 Å². The molecule has 1 aliphatic carbocycles. The van der Waals surface area contributed by atoms with Gasteiger partial charge in [-0.25, -0.2) is 0 Å². The third-order valence-electron chi connectivity index (χ3n) is 4.21. The summed E-state index contributed by atoms with van der Waals surface area (Å²) in [7, 11) is 0. The Labute approximate surface area is 115 Å². The van der Waals surface area contributed by atoms with E-state index in [1.807, 2.05) is 0 Å². The van der Waals surface area contributed by atoms with Gasteiger partial charge in [-0.3, -0.25) is 0 Å². The van der Waals surface area contributed by atoms with E-state index in [1.54, 1.807) is 0 Å². The molecule has 0 nitrogen and oxygen atoms in total. The van der Waals surface area contributed by atoms with Gasteiger partial charge in [-0.15, -0.1) is 0 Å². The number of hydrogen-bond donors (Lipinski definition) is 0. The first-order valence-electron chi connectivity index (χ1n) is 6.93. The minimum atomic E-state index is 0.105. The van der Waals surface area contributed by atoms with Gasteiger partial charge in [0.2, 0.25) is 0 Å². The van der Waals surface area contributed by atoms with E-state index in [-0.39, 0.29) is 5.41 Å². The molecule has 2 aromatic rings. The summed E-state index contributed by atoms with van der Waals surface area (Å²) in [5.41, 5.74) is 8.44. The molecule has 0 fully saturated rings. The van der Waals surface area contributed by atoms with E-state index in [9.17, 15) is 0 Å². The predicted octanol–water partition coefficient (Wildman–Crippen LogP) is 5.33. The molecule has 0 saturated carbocycles. The smallest absolute Gasteiger partial charge is 0.0159 e. The summed E-state index contributed by atoms with van der Waals surface area (Å²) in [6.07, 6.45) is 4.27. The fraction of sp³-hybridized carbons (Fsp3) is 0.263. The molecule has 96 valence electrons. The Balaban J connectivity index is 2.27. The lowest BCUT2D eigenvalue weighted by atomic mass is 9.81. The standard InChI is InChI=1S/C19H20/c1-5-6-14-8-10-16-15-9-7-13(2)11-17(15)19(3,4)18(16)12-14/h5-12H,1-4H3. The van der Waals surface area contributed by atoms with Crippen LogP contribution >= 0.6 is 0 Å². The van der Waals surface area contributed by atoms with Crippen LogP contribution in [-0.2, 0) is 5.41 Å². The van der Waals surface area contributed by atoms with Gasteiger partial charge in [-0.1, -0.05) is 68.0 Å². The fourth-order valence-corrected chi connectivity index (χ4v) is 3.17. The van der Waals surface area contributed by atoms with Crippen molar-refractivity contribution >= 4 is 6.08 Å². The summed E-state index contributed by atoms with van der Waals surface area (Å²) in [5, 5.41) is 0. The van der Waals surface area contributed by atoms with Gasteiger partial charge in [0.15, 0.2) is 0 Å². The third-order valence-corrected chi connectivity index (χ3v) is 4.21. The van der Waals surface area contributed by atoms with E-state index >= 15 is 0 Å². The lowest BCUT2D eigenvalue weighted by Gasteiger charge is -2.22. The molecule has 0 radical (unpaired) electrons. The van der Waals surface area contributed by atoms with E-state index in [4.69, 9.17) is 0 Å². The zero-order chi connectivity index (χ0) is 13.6. The highest BCUT2D eigenvalue weighted by Crippen LogP contribution is 2.49. The molecule has 3 rings (SSSR count). The first-order chi connectivity index (χ1) is 9.04. The maximum atomic E-state index is 2.34. The number of aryl methyl sites for hydroxylation is 1. The molecule has 0 spiro atoms. The van der Waals surface area contributed by atoms with Gasteiger partial charge in [0.1, 0.15) is 0 Å². The lowest BCUT2D eigenvalue weighted by Crippen LogP contribution is -2.15. The van der Waals surface area contributed by atoms with Crippen LogP contribution in [0.5, 0.6) is 0 Å². The summed E-state index contributed by atoms with van der Waals surface area (Å²) in [4.78, 5) is 0. The van der Waals surface area contributed by atoms with Crippen LogP contribution < -0.4 is 0 Å². The quantitative estimate of drug-likeness (QED) is 0.639. The number of rotatable bonds is 1. The highest BCUT2D eigenvalue weighted by Gasteiger charge is 2.35. The predicted molar refractivity (Wildman–Crippen MR) is 83.5 cm³/mol. The molecule has 0 aromatic heterocycles. The molecule has 0 atom stereocenters. The van der Waals surface area contributed by atoms with Crippen LogP contribution in [0, 0.1) is 6.92 Å². The van der Waals surface area contributed by atoms with Gasteiger partial charge < -0.3 is 0 Å². The van der Waals surface area contributed by atoms with Gasteiger partial charge in [-0.05, 0) is 41.7 Å². The molecular weight excluding hydrogens is 228 g/mol. The van der Waals surface area contributed by atoms with Gasteiger partial charge in [0.25, 0.3) is 0 Å². The molecule has 0 aliphatic heterocycles. The minimum Gasteiger partial charge on any atom is -0.0871 e. The van der Waals surface area contributed by atoms with Gasteiger partial charge in [0, 0.05) is 5.41 Å². The van der Waals surface area contributed by atoms with E-state index in [1.165, 1.54) is 33.4 Å². The average molecular weight is 248 g/mol. The summed E-state index contributed by atoms with van der Waals surface area (Å²) >= 11 is 0. The molecule has 0 bridgehead atoms. The monoisotopic (exact) mass is 248 g/mol. The third kappa shape index (κ3) is 1.74. The van der Waals surface area contributed by atoms with Crippen LogP contribution in [0.1, 0.15) is 43.0 Å². The Hall–Kier alpha value is -1.82. The fourth-order valence-electron chi connectivity index (χ4n) is 3.17. The zero-order valence-electron chi connectivity index (χ0n) is 12.1. The average Bonchev–Trinajstić information content (AvgIpc) is 2.59. The molecule has 1 aliphatic rings. The highest BCUT2D eigenvalue weighted by molar-refractivity contribution is 5.82. The van der Waals surface area contributed by atoms with Crippen molar-refractivity contribution in [2.24, 2.45) is 0 Å². The summed E-state index contributed by atoms with van der Waals surface area (Å²) in [5.74, 6) is 0. The SMILES string of the molecule is CC=Cc1ccc2c(c1)C(C)(C)c1cc(C)ccc1-2. The van der Waals surface area contributed by atoms with Crippen molar-refractivity contribution in [3.63, 3.8) is 0 Å². The molecule has 0 unspecified atom stereocenters.